The summed E-state index contributed by atoms with van der Waals surface area (Å²) >= 11 is 0. The van der Waals surface area contributed by atoms with E-state index in [0.29, 0.717) is 12.5 Å². The fourth-order valence-electron chi connectivity index (χ4n) is 2.49. The van der Waals surface area contributed by atoms with Gasteiger partial charge in [0, 0.05) is 25.2 Å². The van der Waals surface area contributed by atoms with Gasteiger partial charge in [0.1, 0.15) is 6.04 Å². The van der Waals surface area contributed by atoms with Gasteiger partial charge in [-0.3, -0.25) is 9.69 Å². The number of hydrogen-bond donors (Lipinski definition) is 1. The first-order valence-corrected chi connectivity index (χ1v) is 7.01. The smallest absolute Gasteiger partial charge is 0.241 e. The summed E-state index contributed by atoms with van der Waals surface area (Å²) in [5, 5.41) is 0. The van der Waals surface area contributed by atoms with Crippen LogP contribution >= 0.6 is 0 Å². The Morgan fingerprint density at radius 3 is 2.56 bits per heavy atom. The normalized spacial score (nSPS) is 25.6. The summed E-state index contributed by atoms with van der Waals surface area (Å²) in [5.41, 5.74) is 5.71. The molecule has 0 aromatic rings. The lowest BCUT2D eigenvalue weighted by atomic mass is 9.97. The number of hydrogen-bond acceptors (Lipinski definition) is 3. The van der Waals surface area contributed by atoms with Crippen LogP contribution in [0, 0.1) is 5.92 Å². The Balaban J connectivity index is 2.88. The number of amides is 1. The van der Waals surface area contributed by atoms with Gasteiger partial charge in [-0.15, -0.1) is 0 Å². The second kappa shape index (κ2) is 6.02. The SMILES string of the molecule is CC(C)CCN1C(=O)C(CN)N(C)CCC1(C)C. The molecule has 1 saturated heterocycles. The third-order valence-corrected chi connectivity index (χ3v) is 4.04. The minimum atomic E-state index is -0.154. The van der Waals surface area contributed by atoms with Gasteiger partial charge in [0.05, 0.1) is 0 Å². The van der Waals surface area contributed by atoms with Crippen LogP contribution in [-0.2, 0) is 4.79 Å². The zero-order chi connectivity index (χ0) is 13.9. The van der Waals surface area contributed by atoms with Crippen LogP contribution < -0.4 is 5.73 Å². The molecule has 1 atom stereocenters. The van der Waals surface area contributed by atoms with Crippen LogP contribution in [0.4, 0.5) is 0 Å². The van der Waals surface area contributed by atoms with E-state index in [1.54, 1.807) is 0 Å². The maximum absolute atomic E-state index is 12.6. The molecule has 0 aliphatic carbocycles. The first-order chi connectivity index (χ1) is 8.29. The Hall–Kier alpha value is -0.610. The maximum atomic E-state index is 12.6. The largest absolute Gasteiger partial charge is 0.336 e. The predicted octanol–water partition coefficient (Wildman–Crippen LogP) is 1.30. The van der Waals surface area contributed by atoms with E-state index < -0.39 is 0 Å². The van der Waals surface area contributed by atoms with Crippen LogP contribution in [0.1, 0.15) is 40.5 Å². The highest BCUT2D eigenvalue weighted by Crippen LogP contribution is 2.25. The molecule has 0 aromatic heterocycles. The fourth-order valence-corrected chi connectivity index (χ4v) is 2.49. The number of likely N-dealkylation sites (N-methyl/N-ethyl adjacent to an activating group) is 1. The van der Waals surface area contributed by atoms with Gasteiger partial charge in [0.15, 0.2) is 0 Å². The molecule has 18 heavy (non-hydrogen) atoms. The van der Waals surface area contributed by atoms with Gasteiger partial charge in [0.2, 0.25) is 5.91 Å². The van der Waals surface area contributed by atoms with Crippen LogP contribution in [0.5, 0.6) is 0 Å². The molecule has 106 valence electrons. The monoisotopic (exact) mass is 255 g/mol. The van der Waals surface area contributed by atoms with Crippen LogP contribution in [-0.4, -0.2) is 54.0 Å². The lowest BCUT2D eigenvalue weighted by Gasteiger charge is -2.38. The highest BCUT2D eigenvalue weighted by molar-refractivity contribution is 5.83. The van der Waals surface area contributed by atoms with Crippen molar-refractivity contribution in [3.63, 3.8) is 0 Å². The Bertz CT molecular complexity index is 289. The Labute approximate surface area is 111 Å². The molecule has 0 saturated carbocycles. The summed E-state index contributed by atoms with van der Waals surface area (Å²) in [6, 6.07) is -0.154. The third-order valence-electron chi connectivity index (χ3n) is 4.04. The average molecular weight is 255 g/mol. The Morgan fingerprint density at radius 2 is 2.06 bits per heavy atom. The van der Waals surface area contributed by atoms with E-state index >= 15 is 0 Å². The summed E-state index contributed by atoms with van der Waals surface area (Å²) in [6.45, 7) is 10.9. The predicted molar refractivity (Wildman–Crippen MR) is 75.3 cm³/mol. The highest BCUT2D eigenvalue weighted by Gasteiger charge is 2.38. The molecular weight excluding hydrogens is 226 g/mol. The van der Waals surface area contributed by atoms with E-state index in [-0.39, 0.29) is 17.5 Å². The lowest BCUT2D eigenvalue weighted by Crippen LogP contribution is -2.53. The number of carbonyl (C=O) groups excluding carboxylic acids is 1. The Morgan fingerprint density at radius 1 is 1.44 bits per heavy atom. The molecule has 1 rings (SSSR count). The van der Waals surface area contributed by atoms with Crippen LogP contribution in [0.3, 0.4) is 0 Å². The molecule has 4 heteroatoms. The summed E-state index contributed by atoms with van der Waals surface area (Å²) in [7, 11) is 2.00. The molecule has 1 aliphatic heterocycles. The molecular formula is C14H29N3O. The van der Waals surface area contributed by atoms with Crippen molar-refractivity contribution in [3.05, 3.63) is 0 Å². The van der Waals surface area contributed by atoms with Crippen molar-refractivity contribution in [3.8, 4) is 0 Å². The summed E-state index contributed by atoms with van der Waals surface area (Å²) in [4.78, 5) is 16.8. The summed E-state index contributed by atoms with van der Waals surface area (Å²) < 4.78 is 0. The van der Waals surface area contributed by atoms with Crippen LogP contribution in [0.2, 0.25) is 0 Å². The van der Waals surface area contributed by atoms with Crippen molar-refractivity contribution in [1.82, 2.24) is 9.80 Å². The molecule has 0 aromatic carbocycles. The van der Waals surface area contributed by atoms with Gasteiger partial charge in [0.25, 0.3) is 0 Å². The molecule has 4 nitrogen and oxygen atoms in total. The topological polar surface area (TPSA) is 49.6 Å². The molecule has 1 heterocycles. The molecule has 0 spiro atoms. The zero-order valence-electron chi connectivity index (χ0n) is 12.6. The van der Waals surface area contributed by atoms with E-state index in [1.807, 2.05) is 11.9 Å². The van der Waals surface area contributed by atoms with Gasteiger partial charge >= 0.3 is 0 Å². The van der Waals surface area contributed by atoms with E-state index in [2.05, 4.69) is 32.6 Å². The first-order valence-electron chi connectivity index (χ1n) is 7.01. The van der Waals surface area contributed by atoms with Gasteiger partial charge in [-0.05, 0) is 39.7 Å². The lowest BCUT2D eigenvalue weighted by molar-refractivity contribution is -0.139. The second-order valence-corrected chi connectivity index (χ2v) is 6.47. The van der Waals surface area contributed by atoms with E-state index in [4.69, 9.17) is 5.73 Å². The van der Waals surface area contributed by atoms with Crippen molar-refractivity contribution in [2.24, 2.45) is 11.7 Å². The fraction of sp³-hybridized carbons (Fsp3) is 0.929. The summed E-state index contributed by atoms with van der Waals surface area (Å²) in [6.07, 6.45) is 2.06. The maximum Gasteiger partial charge on any atom is 0.241 e. The van der Waals surface area contributed by atoms with E-state index in [9.17, 15) is 4.79 Å². The van der Waals surface area contributed by atoms with Crippen molar-refractivity contribution < 1.29 is 4.79 Å². The average Bonchev–Trinajstić information content (AvgIpc) is 2.33. The molecule has 1 aliphatic rings. The zero-order valence-corrected chi connectivity index (χ0v) is 12.6. The number of nitrogens with two attached hydrogens (primary N) is 1. The van der Waals surface area contributed by atoms with Gasteiger partial charge < -0.3 is 10.6 Å². The minimum absolute atomic E-state index is 0.0653. The van der Waals surface area contributed by atoms with Gasteiger partial charge in [-0.2, -0.15) is 0 Å². The molecule has 0 radical (unpaired) electrons. The molecule has 1 fully saturated rings. The van der Waals surface area contributed by atoms with Crippen molar-refractivity contribution in [1.29, 1.82) is 0 Å². The van der Waals surface area contributed by atoms with E-state index in [0.717, 1.165) is 25.9 Å². The molecule has 1 unspecified atom stereocenters. The minimum Gasteiger partial charge on any atom is -0.336 e. The number of rotatable bonds is 4. The van der Waals surface area contributed by atoms with Crippen LogP contribution in [0.25, 0.3) is 0 Å². The van der Waals surface area contributed by atoms with Gasteiger partial charge in [-0.1, -0.05) is 13.8 Å². The van der Waals surface area contributed by atoms with Gasteiger partial charge in [-0.25, -0.2) is 0 Å². The number of nitrogens with zero attached hydrogens (tertiary/aromatic N) is 2. The molecule has 1 amide bonds. The van der Waals surface area contributed by atoms with Crippen molar-refractivity contribution >= 4 is 5.91 Å². The first kappa shape index (κ1) is 15.4. The Kier molecular flexibility index (Phi) is 5.17. The number of carbonyl (C=O) groups is 1. The van der Waals surface area contributed by atoms with Crippen molar-refractivity contribution in [2.45, 2.75) is 52.1 Å². The standard InChI is InChI=1S/C14H29N3O/c1-11(2)6-8-17-13(18)12(10-15)16(5)9-7-14(17,3)4/h11-12H,6-10,15H2,1-5H3. The van der Waals surface area contributed by atoms with E-state index in [1.165, 1.54) is 0 Å². The quantitative estimate of drug-likeness (QED) is 0.824. The third kappa shape index (κ3) is 3.45. The van der Waals surface area contributed by atoms with Crippen molar-refractivity contribution in [2.75, 3.05) is 26.7 Å². The summed E-state index contributed by atoms with van der Waals surface area (Å²) in [5.74, 6) is 0.814. The highest BCUT2D eigenvalue weighted by atomic mass is 16.2. The molecule has 2 N–H and O–H groups in total. The second-order valence-electron chi connectivity index (χ2n) is 6.47. The van der Waals surface area contributed by atoms with Crippen LogP contribution in [0.15, 0.2) is 0 Å². The molecule has 0 bridgehead atoms.